The van der Waals surface area contributed by atoms with Gasteiger partial charge in [0.05, 0.1) is 0 Å². The van der Waals surface area contributed by atoms with Crippen LogP contribution >= 0.6 is 14.1 Å². The van der Waals surface area contributed by atoms with E-state index in [2.05, 4.69) is 27.7 Å². The van der Waals surface area contributed by atoms with Gasteiger partial charge >= 0.3 is 147 Å². The molecule has 4 nitrogen and oxygen atoms in total. The van der Waals surface area contributed by atoms with Crippen molar-refractivity contribution in [2.45, 2.75) is 77.8 Å². The van der Waals surface area contributed by atoms with Crippen molar-refractivity contribution in [3.05, 3.63) is 0 Å². The average Bonchev–Trinajstić information content (AvgIpc) is 3.22. The summed E-state index contributed by atoms with van der Waals surface area (Å²) in [6, 6.07) is 0. The Hall–Kier alpha value is 0.700. The van der Waals surface area contributed by atoms with Crippen molar-refractivity contribution in [3.63, 3.8) is 0 Å². The first-order valence-electron chi connectivity index (χ1n) is 10.0. The van der Waals surface area contributed by atoms with Gasteiger partial charge in [-0.15, -0.1) is 0 Å². The summed E-state index contributed by atoms with van der Waals surface area (Å²) in [4.78, 5) is 0. The van der Waals surface area contributed by atoms with Crippen LogP contribution in [0.4, 0.5) is 0 Å². The van der Waals surface area contributed by atoms with E-state index in [0.717, 1.165) is 62.7 Å². The fourth-order valence-corrected chi connectivity index (χ4v) is 19.8. The molecule has 4 atom stereocenters. The van der Waals surface area contributed by atoms with Gasteiger partial charge in [0.25, 0.3) is 0 Å². The van der Waals surface area contributed by atoms with Crippen molar-refractivity contribution in [2.24, 2.45) is 0 Å². The van der Waals surface area contributed by atoms with Gasteiger partial charge in [-0.3, -0.25) is 0 Å². The summed E-state index contributed by atoms with van der Waals surface area (Å²) in [7, 11) is -4.94. The summed E-state index contributed by atoms with van der Waals surface area (Å²) in [6.45, 7) is 8.89. The molecule has 4 aliphatic heterocycles. The SMILES string of the molecule is CC1CCP2(CCP34(CCC(C)O3)CCC(C)O4)(CCC(C)O2)O1. The predicted molar refractivity (Wildman–Crippen MR) is 104 cm³/mol. The van der Waals surface area contributed by atoms with Crippen LogP contribution in [0.2, 0.25) is 0 Å². The third kappa shape index (κ3) is 2.81. The summed E-state index contributed by atoms with van der Waals surface area (Å²) in [5, 5.41) is 0. The van der Waals surface area contributed by atoms with E-state index in [1.54, 1.807) is 0 Å². The van der Waals surface area contributed by atoms with Gasteiger partial charge in [0.15, 0.2) is 0 Å². The summed E-state index contributed by atoms with van der Waals surface area (Å²) in [6.07, 6.45) is 12.9. The Labute approximate surface area is 147 Å². The number of rotatable bonds is 3. The van der Waals surface area contributed by atoms with Gasteiger partial charge in [-0.25, -0.2) is 0 Å². The zero-order valence-electron chi connectivity index (χ0n) is 15.9. The van der Waals surface area contributed by atoms with Crippen LogP contribution in [-0.4, -0.2) is 61.4 Å². The first-order chi connectivity index (χ1) is 11.2. The molecule has 4 unspecified atom stereocenters. The average molecular weight is 378 g/mol. The van der Waals surface area contributed by atoms with Crippen molar-refractivity contribution in [1.82, 2.24) is 0 Å². The molecule has 0 amide bonds. The molecular weight excluding hydrogens is 342 g/mol. The normalized spacial score (nSPS) is 48.2. The standard InChI is InChI=1S/C18H36O4P2/c1-15-5-9-23(19-15,10-6-16(2)20-23)13-14-24(11-7-17(3)21-24)12-8-18(4)22-24/h15-18H,5-14H2,1-4H3. The second-order valence-electron chi connectivity index (χ2n) is 9.20. The third-order valence-corrected chi connectivity index (χ3v) is 18.4. The third-order valence-electron chi connectivity index (χ3n) is 7.02. The van der Waals surface area contributed by atoms with Crippen molar-refractivity contribution < 1.29 is 18.1 Å². The van der Waals surface area contributed by atoms with E-state index in [4.69, 9.17) is 18.1 Å². The molecule has 0 N–H and O–H groups in total. The van der Waals surface area contributed by atoms with Crippen LogP contribution in [0.1, 0.15) is 53.4 Å². The maximum atomic E-state index is 6.70. The molecule has 0 radical (unpaired) electrons. The van der Waals surface area contributed by atoms with Crippen LogP contribution in [0.15, 0.2) is 0 Å². The van der Waals surface area contributed by atoms with E-state index >= 15 is 0 Å². The van der Waals surface area contributed by atoms with E-state index < -0.39 is 14.1 Å². The Morgan fingerprint density at radius 2 is 0.792 bits per heavy atom. The molecule has 4 saturated heterocycles. The second kappa shape index (κ2) is 5.60. The van der Waals surface area contributed by atoms with Gasteiger partial charge in [0.1, 0.15) is 0 Å². The molecule has 4 fully saturated rings. The maximum absolute atomic E-state index is 6.70. The van der Waals surface area contributed by atoms with Crippen molar-refractivity contribution >= 4 is 14.1 Å². The van der Waals surface area contributed by atoms with Crippen LogP contribution in [0.3, 0.4) is 0 Å². The van der Waals surface area contributed by atoms with Crippen LogP contribution in [0.25, 0.3) is 0 Å². The Balaban J connectivity index is 1.60. The first-order valence-corrected chi connectivity index (χ1v) is 15.3. The van der Waals surface area contributed by atoms with Gasteiger partial charge in [-0.05, 0) is 0 Å². The molecule has 142 valence electrons. The molecule has 0 aromatic heterocycles. The second-order valence-corrected chi connectivity index (χ2v) is 18.8. The van der Waals surface area contributed by atoms with Gasteiger partial charge in [-0.2, -0.15) is 0 Å². The summed E-state index contributed by atoms with van der Waals surface area (Å²) in [5.41, 5.74) is 0. The molecule has 0 bridgehead atoms. The summed E-state index contributed by atoms with van der Waals surface area (Å²) >= 11 is 0. The Bertz CT molecular complexity index is 439. The summed E-state index contributed by atoms with van der Waals surface area (Å²) < 4.78 is 26.8. The molecule has 4 heterocycles. The van der Waals surface area contributed by atoms with Crippen molar-refractivity contribution in [1.29, 1.82) is 0 Å². The Morgan fingerprint density at radius 3 is 0.958 bits per heavy atom. The van der Waals surface area contributed by atoms with E-state index in [1.807, 2.05) is 0 Å². The van der Waals surface area contributed by atoms with Gasteiger partial charge in [0, 0.05) is 0 Å². The molecule has 0 saturated carbocycles. The first kappa shape index (κ1) is 18.1. The molecule has 0 aliphatic carbocycles. The van der Waals surface area contributed by atoms with Crippen LogP contribution in [0, 0.1) is 0 Å². The summed E-state index contributed by atoms with van der Waals surface area (Å²) in [5.74, 6) is 0. The molecule has 4 aliphatic rings. The van der Waals surface area contributed by atoms with Crippen molar-refractivity contribution in [2.75, 3.05) is 37.0 Å². The molecule has 6 heteroatoms. The quantitative estimate of drug-likeness (QED) is 0.649. The van der Waals surface area contributed by atoms with Gasteiger partial charge < -0.3 is 0 Å². The minimum absolute atomic E-state index is 0.355. The molecule has 24 heavy (non-hydrogen) atoms. The Kier molecular flexibility index (Phi) is 4.22. The van der Waals surface area contributed by atoms with Crippen molar-refractivity contribution in [3.8, 4) is 0 Å². The predicted octanol–water partition coefficient (Wildman–Crippen LogP) is 4.99. The molecule has 0 aromatic carbocycles. The van der Waals surface area contributed by atoms with Crippen LogP contribution in [-0.2, 0) is 18.1 Å². The molecule has 4 rings (SSSR count). The van der Waals surface area contributed by atoms with E-state index in [0.29, 0.717) is 24.4 Å². The monoisotopic (exact) mass is 378 g/mol. The van der Waals surface area contributed by atoms with Crippen LogP contribution < -0.4 is 0 Å². The van der Waals surface area contributed by atoms with Gasteiger partial charge in [0.2, 0.25) is 0 Å². The molecule has 0 aromatic rings. The molecular formula is C18H36O4P2. The number of hydrogen-bond donors (Lipinski definition) is 0. The van der Waals surface area contributed by atoms with E-state index in [-0.39, 0.29) is 0 Å². The van der Waals surface area contributed by atoms with E-state index in [9.17, 15) is 0 Å². The zero-order valence-corrected chi connectivity index (χ0v) is 17.7. The van der Waals surface area contributed by atoms with Crippen LogP contribution in [0.5, 0.6) is 0 Å². The van der Waals surface area contributed by atoms with E-state index in [1.165, 1.54) is 0 Å². The Morgan fingerprint density at radius 1 is 0.542 bits per heavy atom. The zero-order chi connectivity index (χ0) is 17.1. The minimum atomic E-state index is -2.47. The molecule has 2 spiro atoms. The number of hydrogen-bond acceptors (Lipinski definition) is 4. The fraction of sp³-hybridized carbons (Fsp3) is 1.00. The van der Waals surface area contributed by atoms with Gasteiger partial charge in [-0.1, -0.05) is 0 Å². The fourth-order valence-electron chi connectivity index (χ4n) is 5.71. The topological polar surface area (TPSA) is 36.9 Å².